The average Bonchev–Trinajstić information content (AvgIpc) is 3.20. The van der Waals surface area contributed by atoms with Gasteiger partial charge in [-0.25, -0.2) is 4.52 Å². The fourth-order valence-corrected chi connectivity index (χ4v) is 5.75. The quantitative estimate of drug-likeness (QED) is 0.640. The average molecular weight is 415 g/mol. The molecule has 1 saturated heterocycles. The topological polar surface area (TPSA) is 79.2 Å². The van der Waals surface area contributed by atoms with Crippen LogP contribution in [0.3, 0.4) is 0 Å². The lowest BCUT2D eigenvalue weighted by atomic mass is 9.75. The van der Waals surface area contributed by atoms with E-state index in [-0.39, 0.29) is 17.7 Å². The van der Waals surface area contributed by atoms with Crippen LogP contribution in [0.25, 0.3) is 16.6 Å². The highest BCUT2D eigenvalue weighted by molar-refractivity contribution is 6.05. The van der Waals surface area contributed by atoms with E-state index in [1.807, 2.05) is 34.8 Å². The first kappa shape index (κ1) is 18.6. The molecule has 3 fully saturated rings. The van der Waals surface area contributed by atoms with Gasteiger partial charge in [0.05, 0.1) is 29.5 Å². The molecule has 158 valence electrons. The summed E-state index contributed by atoms with van der Waals surface area (Å²) < 4.78 is 3.93. The summed E-state index contributed by atoms with van der Waals surface area (Å²) in [6.07, 6.45) is 14.7. The zero-order chi connectivity index (χ0) is 21.2. The Labute approximate surface area is 181 Å². The lowest BCUT2D eigenvalue weighted by molar-refractivity contribution is -0.124. The number of carbonyl (C=O) groups excluding carboxylic acids is 1. The number of aromatic nitrogens is 4. The molecule has 7 nitrogen and oxygen atoms in total. The van der Waals surface area contributed by atoms with Crippen LogP contribution in [-0.4, -0.2) is 31.8 Å². The number of hydrogen-bond acceptors (Lipinski definition) is 4. The van der Waals surface area contributed by atoms with Crippen molar-refractivity contribution >= 4 is 17.1 Å². The Morgan fingerprint density at radius 1 is 1.13 bits per heavy atom. The van der Waals surface area contributed by atoms with Gasteiger partial charge in [0.15, 0.2) is 0 Å². The lowest BCUT2D eigenvalue weighted by Gasteiger charge is -2.23. The summed E-state index contributed by atoms with van der Waals surface area (Å²) in [5.41, 5.74) is 2.94. The maximum Gasteiger partial charge on any atom is 0.248 e. The molecule has 2 atom stereocenters. The van der Waals surface area contributed by atoms with Gasteiger partial charge in [0.1, 0.15) is 5.41 Å². The van der Waals surface area contributed by atoms with Crippen molar-refractivity contribution in [3.05, 3.63) is 36.9 Å². The molecule has 2 saturated carbocycles. The Hall–Kier alpha value is -3.14. The molecule has 0 bridgehead atoms. The summed E-state index contributed by atoms with van der Waals surface area (Å²) >= 11 is 0. The molecule has 2 aliphatic carbocycles. The highest BCUT2D eigenvalue weighted by atomic mass is 16.2. The summed E-state index contributed by atoms with van der Waals surface area (Å²) in [6.45, 7) is 2.61. The maximum absolute atomic E-state index is 13.5. The van der Waals surface area contributed by atoms with Gasteiger partial charge >= 0.3 is 0 Å². The molecule has 0 radical (unpaired) electrons. The first-order valence-corrected chi connectivity index (χ1v) is 11.4. The summed E-state index contributed by atoms with van der Waals surface area (Å²) in [7, 11) is 0. The van der Waals surface area contributed by atoms with E-state index in [1.54, 1.807) is 6.20 Å². The van der Waals surface area contributed by atoms with E-state index in [2.05, 4.69) is 33.2 Å². The minimum absolute atomic E-state index is 0.0183. The van der Waals surface area contributed by atoms with E-state index < -0.39 is 5.41 Å². The Morgan fingerprint density at radius 3 is 2.68 bits per heavy atom. The van der Waals surface area contributed by atoms with Crippen molar-refractivity contribution in [3.63, 3.8) is 0 Å². The zero-order valence-electron chi connectivity index (χ0n) is 17.7. The minimum atomic E-state index is -0.877. The highest BCUT2D eigenvalue weighted by Crippen LogP contribution is 2.54. The molecule has 3 aliphatic rings. The van der Waals surface area contributed by atoms with Crippen molar-refractivity contribution < 1.29 is 4.79 Å². The van der Waals surface area contributed by atoms with Crippen molar-refractivity contribution in [3.8, 4) is 17.2 Å². The first-order valence-electron chi connectivity index (χ1n) is 11.4. The van der Waals surface area contributed by atoms with Crippen LogP contribution in [0.5, 0.6) is 0 Å². The number of amides is 1. The van der Waals surface area contributed by atoms with Crippen LogP contribution in [0.1, 0.15) is 51.5 Å². The largest absolute Gasteiger partial charge is 0.309 e. The fraction of sp³-hybridized carbons (Fsp3) is 0.500. The molecule has 1 aliphatic heterocycles. The van der Waals surface area contributed by atoms with Gasteiger partial charge in [-0.1, -0.05) is 19.8 Å². The Morgan fingerprint density at radius 2 is 1.94 bits per heavy atom. The lowest BCUT2D eigenvalue weighted by Crippen LogP contribution is -2.37. The standard InChI is InChI=1S/C24H26N6O/c1-16-12-28(23(31)24(16,15-25)19-6-7-19)21-8-9-26-30-13-17(10-22(21)30)18-11-27-29(14-18)20-4-2-3-5-20/h8-11,13-14,16,19-20H,2-7,12H2,1H3/t16-,24+/m1/s1. The van der Waals surface area contributed by atoms with Crippen LogP contribution in [0.2, 0.25) is 0 Å². The predicted octanol–water partition coefficient (Wildman–Crippen LogP) is 4.22. The number of hydrogen-bond donors (Lipinski definition) is 0. The van der Waals surface area contributed by atoms with Gasteiger partial charge in [0, 0.05) is 42.2 Å². The van der Waals surface area contributed by atoms with Gasteiger partial charge < -0.3 is 4.90 Å². The van der Waals surface area contributed by atoms with Crippen LogP contribution in [0.4, 0.5) is 5.69 Å². The highest BCUT2D eigenvalue weighted by Gasteiger charge is 2.61. The van der Waals surface area contributed by atoms with E-state index in [1.165, 1.54) is 25.7 Å². The van der Waals surface area contributed by atoms with Crippen LogP contribution in [0, 0.1) is 28.6 Å². The number of anilines is 1. The van der Waals surface area contributed by atoms with Crippen LogP contribution in [-0.2, 0) is 4.79 Å². The van der Waals surface area contributed by atoms with Gasteiger partial charge in [0.25, 0.3) is 0 Å². The Kier molecular flexibility index (Phi) is 4.01. The van der Waals surface area contributed by atoms with E-state index in [9.17, 15) is 10.1 Å². The van der Waals surface area contributed by atoms with Gasteiger partial charge in [-0.3, -0.25) is 9.48 Å². The predicted molar refractivity (Wildman–Crippen MR) is 116 cm³/mol. The second-order valence-electron chi connectivity index (χ2n) is 9.49. The molecule has 3 aromatic heterocycles. The van der Waals surface area contributed by atoms with Crippen molar-refractivity contribution in [1.82, 2.24) is 19.4 Å². The summed E-state index contributed by atoms with van der Waals surface area (Å²) in [5.74, 6) is 0.173. The third-order valence-electron chi connectivity index (χ3n) is 7.65. The molecule has 1 amide bonds. The van der Waals surface area contributed by atoms with E-state index >= 15 is 0 Å². The Bertz CT molecular complexity index is 1210. The van der Waals surface area contributed by atoms with Crippen molar-refractivity contribution in [2.45, 2.75) is 51.5 Å². The smallest absolute Gasteiger partial charge is 0.248 e. The SMILES string of the molecule is C[C@@H]1CN(c2ccnn3cc(-c4cnn(C5CCCC5)c4)cc23)C(=O)[C@]1(C#N)C1CC1. The van der Waals surface area contributed by atoms with E-state index in [0.717, 1.165) is 35.2 Å². The summed E-state index contributed by atoms with van der Waals surface area (Å²) in [5, 5.41) is 19.1. The zero-order valence-corrected chi connectivity index (χ0v) is 17.7. The molecule has 7 heteroatoms. The van der Waals surface area contributed by atoms with Gasteiger partial charge in [0.2, 0.25) is 5.91 Å². The summed E-state index contributed by atoms with van der Waals surface area (Å²) in [6, 6.07) is 6.90. The Balaban J connectivity index is 1.37. The normalized spacial score (nSPS) is 26.8. The first-order chi connectivity index (χ1) is 15.1. The maximum atomic E-state index is 13.5. The van der Waals surface area contributed by atoms with Gasteiger partial charge in [-0.15, -0.1) is 0 Å². The van der Waals surface area contributed by atoms with Gasteiger partial charge in [-0.2, -0.15) is 15.5 Å². The molecular weight excluding hydrogens is 388 g/mol. The monoisotopic (exact) mass is 414 g/mol. The third-order valence-corrected chi connectivity index (χ3v) is 7.65. The minimum Gasteiger partial charge on any atom is -0.309 e. The molecule has 4 heterocycles. The fourth-order valence-electron chi connectivity index (χ4n) is 5.75. The van der Waals surface area contributed by atoms with Crippen LogP contribution < -0.4 is 4.90 Å². The number of nitriles is 1. The molecule has 6 rings (SSSR count). The molecule has 0 unspecified atom stereocenters. The number of fused-ring (bicyclic) bond motifs is 1. The second kappa shape index (κ2) is 6.68. The molecule has 0 spiro atoms. The van der Waals surface area contributed by atoms with Gasteiger partial charge in [-0.05, 0) is 43.7 Å². The number of rotatable bonds is 4. The summed E-state index contributed by atoms with van der Waals surface area (Å²) in [4.78, 5) is 15.3. The van der Waals surface area contributed by atoms with Crippen LogP contribution >= 0.6 is 0 Å². The van der Waals surface area contributed by atoms with Crippen molar-refractivity contribution in [2.24, 2.45) is 17.3 Å². The van der Waals surface area contributed by atoms with Crippen molar-refractivity contribution in [1.29, 1.82) is 5.26 Å². The third kappa shape index (κ3) is 2.67. The number of carbonyl (C=O) groups is 1. The molecule has 31 heavy (non-hydrogen) atoms. The molecule has 3 aromatic rings. The molecule has 0 N–H and O–H groups in total. The van der Waals surface area contributed by atoms with Crippen LogP contribution in [0.15, 0.2) is 36.9 Å². The molecular formula is C24H26N6O. The number of nitrogens with zero attached hydrogens (tertiary/aromatic N) is 6. The second-order valence-corrected chi connectivity index (χ2v) is 9.49. The molecule has 0 aromatic carbocycles. The van der Waals surface area contributed by atoms with E-state index in [0.29, 0.717) is 12.6 Å². The van der Waals surface area contributed by atoms with Crippen molar-refractivity contribution in [2.75, 3.05) is 11.4 Å². The van der Waals surface area contributed by atoms with E-state index in [4.69, 9.17) is 0 Å².